The molecule has 3 aromatic rings. The van der Waals surface area contributed by atoms with E-state index in [9.17, 15) is 0 Å². The highest BCUT2D eigenvalue weighted by Gasteiger charge is 2.16. The van der Waals surface area contributed by atoms with Gasteiger partial charge < -0.3 is 19.9 Å². The van der Waals surface area contributed by atoms with Crippen LogP contribution in [0.25, 0.3) is 0 Å². The molecule has 1 fully saturated rings. The number of benzene rings is 2. The molecule has 0 bridgehead atoms. The molecule has 1 aliphatic heterocycles. The highest BCUT2D eigenvalue weighted by Crippen LogP contribution is 2.20. The molecule has 32 heavy (non-hydrogen) atoms. The molecule has 9 nitrogen and oxygen atoms in total. The Morgan fingerprint density at radius 2 is 1.66 bits per heavy atom. The summed E-state index contributed by atoms with van der Waals surface area (Å²) in [5.74, 6) is 1.32. The Hall–Kier alpha value is -3.43. The van der Waals surface area contributed by atoms with Crippen LogP contribution in [0.2, 0.25) is 5.02 Å². The standard InChI is InChI=1S/C22H25ClN8O/c1-30(2)19-9-3-16(4-10-19)15-24-29-21-26-20(25-18-7-5-17(23)6-8-18)27-22(28-21)31-11-13-32-14-12-31/h3-10,15H,11-14H2,1-2H3,(H2,25,26,27,28,29)/b24-15+. The molecule has 0 saturated carbocycles. The SMILES string of the molecule is CN(C)c1ccc(/C=N/Nc2nc(Nc3ccc(Cl)cc3)nc(N3CCOCC3)n2)cc1. The summed E-state index contributed by atoms with van der Waals surface area (Å²) in [5.41, 5.74) is 5.83. The lowest BCUT2D eigenvalue weighted by Gasteiger charge is -2.27. The molecular weight excluding hydrogens is 428 g/mol. The van der Waals surface area contributed by atoms with E-state index in [0.717, 1.165) is 16.9 Å². The maximum absolute atomic E-state index is 5.98. The van der Waals surface area contributed by atoms with Crippen molar-refractivity contribution in [3.63, 3.8) is 0 Å². The van der Waals surface area contributed by atoms with Crippen molar-refractivity contribution in [1.82, 2.24) is 15.0 Å². The van der Waals surface area contributed by atoms with Crippen LogP contribution in [0, 0.1) is 0 Å². The third-order valence-corrected chi connectivity index (χ3v) is 5.06. The van der Waals surface area contributed by atoms with E-state index >= 15 is 0 Å². The number of aromatic nitrogens is 3. The molecule has 0 atom stereocenters. The summed E-state index contributed by atoms with van der Waals surface area (Å²) in [6.45, 7) is 2.70. The Labute approximate surface area is 192 Å². The number of halogens is 1. The van der Waals surface area contributed by atoms with Gasteiger partial charge in [-0.3, -0.25) is 0 Å². The van der Waals surface area contributed by atoms with Crippen molar-refractivity contribution in [2.45, 2.75) is 0 Å². The normalized spacial score (nSPS) is 13.9. The molecule has 2 heterocycles. The second kappa shape index (κ2) is 10.3. The van der Waals surface area contributed by atoms with Crippen LogP contribution in [0.1, 0.15) is 5.56 Å². The van der Waals surface area contributed by atoms with Gasteiger partial charge in [0.2, 0.25) is 17.8 Å². The predicted octanol–water partition coefficient (Wildman–Crippen LogP) is 3.62. The van der Waals surface area contributed by atoms with E-state index in [0.29, 0.717) is 49.2 Å². The topological polar surface area (TPSA) is 90.8 Å². The number of hydrogen-bond donors (Lipinski definition) is 2. The van der Waals surface area contributed by atoms with Crippen molar-refractivity contribution in [2.24, 2.45) is 5.10 Å². The number of hydrogen-bond acceptors (Lipinski definition) is 9. The number of anilines is 5. The molecular formula is C22H25ClN8O. The molecule has 1 aliphatic rings. The van der Waals surface area contributed by atoms with Crippen LogP contribution in [0.4, 0.5) is 29.2 Å². The minimum atomic E-state index is 0.346. The van der Waals surface area contributed by atoms with Crippen molar-refractivity contribution >= 4 is 47.0 Å². The van der Waals surface area contributed by atoms with Gasteiger partial charge in [-0.15, -0.1) is 0 Å². The summed E-state index contributed by atoms with van der Waals surface area (Å²) in [7, 11) is 4.01. The van der Waals surface area contributed by atoms with Crippen molar-refractivity contribution in [2.75, 3.05) is 60.9 Å². The van der Waals surface area contributed by atoms with Gasteiger partial charge in [0.1, 0.15) is 0 Å². The number of nitrogens with one attached hydrogen (secondary N) is 2. The van der Waals surface area contributed by atoms with Gasteiger partial charge in [0.05, 0.1) is 19.4 Å². The van der Waals surface area contributed by atoms with E-state index in [1.165, 1.54) is 0 Å². The van der Waals surface area contributed by atoms with E-state index in [-0.39, 0.29) is 0 Å². The van der Waals surface area contributed by atoms with Gasteiger partial charge >= 0.3 is 0 Å². The fraction of sp³-hybridized carbons (Fsp3) is 0.273. The van der Waals surface area contributed by atoms with E-state index < -0.39 is 0 Å². The Morgan fingerprint density at radius 3 is 2.34 bits per heavy atom. The molecule has 166 valence electrons. The van der Waals surface area contributed by atoms with Crippen molar-refractivity contribution < 1.29 is 4.74 Å². The quantitative estimate of drug-likeness (QED) is 0.415. The lowest BCUT2D eigenvalue weighted by Crippen LogP contribution is -2.37. The van der Waals surface area contributed by atoms with Crippen LogP contribution in [0.15, 0.2) is 53.6 Å². The molecule has 0 aliphatic carbocycles. The minimum Gasteiger partial charge on any atom is -0.378 e. The molecule has 1 saturated heterocycles. The summed E-state index contributed by atoms with van der Waals surface area (Å²) in [6.07, 6.45) is 1.73. The van der Waals surface area contributed by atoms with E-state index in [2.05, 4.69) is 35.7 Å². The first-order valence-electron chi connectivity index (χ1n) is 10.2. The van der Waals surface area contributed by atoms with Gasteiger partial charge in [0.15, 0.2) is 0 Å². The third-order valence-electron chi connectivity index (χ3n) is 4.81. The molecule has 0 spiro atoms. The first-order chi connectivity index (χ1) is 15.6. The van der Waals surface area contributed by atoms with Gasteiger partial charge in [-0.2, -0.15) is 20.1 Å². The summed E-state index contributed by atoms with van der Waals surface area (Å²) in [4.78, 5) is 17.7. The largest absolute Gasteiger partial charge is 0.378 e. The molecule has 2 aromatic carbocycles. The van der Waals surface area contributed by atoms with Gasteiger partial charge in [-0.25, -0.2) is 5.43 Å². The highest BCUT2D eigenvalue weighted by atomic mass is 35.5. The first kappa shape index (κ1) is 21.8. The minimum absolute atomic E-state index is 0.346. The van der Waals surface area contributed by atoms with Crippen LogP contribution in [0.5, 0.6) is 0 Å². The molecule has 0 radical (unpaired) electrons. The van der Waals surface area contributed by atoms with Crippen molar-refractivity contribution in [3.05, 3.63) is 59.1 Å². The Balaban J connectivity index is 1.53. The number of nitrogens with zero attached hydrogens (tertiary/aromatic N) is 6. The predicted molar refractivity (Wildman–Crippen MR) is 130 cm³/mol. The maximum atomic E-state index is 5.98. The summed E-state index contributed by atoms with van der Waals surface area (Å²) < 4.78 is 5.44. The summed E-state index contributed by atoms with van der Waals surface area (Å²) in [6, 6.07) is 15.4. The number of rotatable bonds is 7. The Kier molecular flexibility index (Phi) is 6.98. The zero-order chi connectivity index (χ0) is 22.3. The van der Waals surface area contributed by atoms with Gasteiger partial charge in [0, 0.05) is 43.6 Å². The second-order valence-corrected chi connectivity index (χ2v) is 7.81. The van der Waals surface area contributed by atoms with Crippen LogP contribution >= 0.6 is 11.6 Å². The maximum Gasteiger partial charge on any atom is 0.250 e. The lowest BCUT2D eigenvalue weighted by atomic mass is 10.2. The molecule has 2 N–H and O–H groups in total. The number of hydrazone groups is 1. The number of morpholine rings is 1. The monoisotopic (exact) mass is 452 g/mol. The fourth-order valence-corrected chi connectivity index (χ4v) is 3.19. The highest BCUT2D eigenvalue weighted by molar-refractivity contribution is 6.30. The summed E-state index contributed by atoms with van der Waals surface area (Å²) >= 11 is 5.98. The summed E-state index contributed by atoms with van der Waals surface area (Å²) in [5, 5.41) is 8.17. The zero-order valence-electron chi connectivity index (χ0n) is 18.0. The molecule has 1 aromatic heterocycles. The van der Waals surface area contributed by atoms with Crippen LogP contribution in [0.3, 0.4) is 0 Å². The van der Waals surface area contributed by atoms with E-state index in [4.69, 9.17) is 16.3 Å². The van der Waals surface area contributed by atoms with Gasteiger partial charge in [-0.1, -0.05) is 23.7 Å². The Bertz CT molecular complexity index is 1050. The van der Waals surface area contributed by atoms with E-state index in [1.54, 1.807) is 18.3 Å². The van der Waals surface area contributed by atoms with Crippen molar-refractivity contribution in [3.8, 4) is 0 Å². The average Bonchev–Trinajstić information content (AvgIpc) is 2.81. The lowest BCUT2D eigenvalue weighted by molar-refractivity contribution is 0.122. The molecule has 4 rings (SSSR count). The average molecular weight is 453 g/mol. The Morgan fingerprint density at radius 1 is 0.969 bits per heavy atom. The third kappa shape index (κ3) is 5.83. The van der Waals surface area contributed by atoms with Gasteiger partial charge in [-0.05, 0) is 42.0 Å². The van der Waals surface area contributed by atoms with Crippen LogP contribution in [-0.4, -0.2) is 61.6 Å². The molecule has 10 heteroatoms. The zero-order valence-corrected chi connectivity index (χ0v) is 18.8. The number of ether oxygens (including phenoxy) is 1. The van der Waals surface area contributed by atoms with Crippen LogP contribution < -0.4 is 20.5 Å². The van der Waals surface area contributed by atoms with E-state index in [1.807, 2.05) is 55.4 Å². The molecule has 0 amide bonds. The molecule has 0 unspecified atom stereocenters. The smallest absolute Gasteiger partial charge is 0.250 e. The van der Waals surface area contributed by atoms with Gasteiger partial charge in [0.25, 0.3) is 0 Å². The second-order valence-electron chi connectivity index (χ2n) is 7.37. The fourth-order valence-electron chi connectivity index (χ4n) is 3.06. The first-order valence-corrected chi connectivity index (χ1v) is 10.6. The van der Waals surface area contributed by atoms with Crippen molar-refractivity contribution in [1.29, 1.82) is 0 Å². The van der Waals surface area contributed by atoms with Crippen LogP contribution in [-0.2, 0) is 4.74 Å².